The Morgan fingerprint density at radius 1 is 1.28 bits per heavy atom. The number of hydrogen-bond donors (Lipinski definition) is 3. The van der Waals surface area contributed by atoms with Crippen LogP contribution in [0.4, 0.5) is 5.13 Å². The van der Waals surface area contributed by atoms with Gasteiger partial charge in [-0.25, -0.2) is 14.6 Å². The first-order valence-corrected chi connectivity index (χ1v) is 13.3. The van der Waals surface area contributed by atoms with Crippen molar-refractivity contribution in [2.24, 2.45) is 10.6 Å². The third-order valence-corrected chi connectivity index (χ3v) is 7.34. The number of oxime groups is 1. The van der Waals surface area contributed by atoms with Crippen molar-refractivity contribution in [3.63, 3.8) is 0 Å². The molecule has 16 heteroatoms. The molecule has 2 aliphatic heterocycles. The molecule has 2 atom stereocenters. The molecule has 1 fully saturated rings. The van der Waals surface area contributed by atoms with Gasteiger partial charge in [-0.15, -0.1) is 23.1 Å². The minimum atomic E-state index is -1.09. The number of nitrogens with one attached hydrogen (secondary N) is 1. The monoisotopic (exact) mass is 581 g/mol. The lowest BCUT2D eigenvalue weighted by Crippen LogP contribution is -2.71. The molecule has 0 aromatic carbocycles. The van der Waals surface area contributed by atoms with E-state index in [0.29, 0.717) is 0 Å². The summed E-state index contributed by atoms with van der Waals surface area (Å²) in [4.78, 5) is 67.8. The quantitative estimate of drug-likeness (QED) is 0.0705. The van der Waals surface area contributed by atoms with E-state index in [2.05, 4.69) is 22.0 Å². The minimum absolute atomic E-state index is 0.0213. The van der Waals surface area contributed by atoms with Gasteiger partial charge in [-0.3, -0.25) is 19.3 Å². The summed E-state index contributed by atoms with van der Waals surface area (Å²) in [5, 5.41) is 15.6. The van der Waals surface area contributed by atoms with Gasteiger partial charge in [0.05, 0.1) is 5.41 Å². The van der Waals surface area contributed by atoms with Crippen molar-refractivity contribution in [2.75, 3.05) is 24.9 Å². The number of hydrogen-bond acceptors (Lipinski definition) is 14. The first-order chi connectivity index (χ1) is 18.3. The SMILES string of the molecule is C=C(C)C(=O)OCC1=C(C(=O)OCOC(=O)C(C)(C)C)N2C(=O)[C@@H](NC(=O)/C(=N\O)c3csc(N)n3)[C@H]2SC1. The standard InChI is InChI=1S/C23H27N5O9S2/c1-10(2)19(31)35-6-11-7-38-18-14(26-16(29)13(27-34)12-8-39-22(24)25-12)17(30)28(18)15(11)20(32)36-9-37-21(33)23(3,4)5/h8,14,18,34H,1,6-7,9H2,2-5H3,(H2,24,25)(H,26,29)/b27-13-/t14-,18-/m1/s1. The van der Waals surface area contributed by atoms with Crippen LogP contribution >= 0.6 is 23.1 Å². The maximum atomic E-state index is 13.1. The normalized spacial score (nSPS) is 19.0. The number of thioether (sulfide) groups is 1. The molecule has 3 heterocycles. The molecule has 2 amide bonds. The third kappa shape index (κ3) is 6.57. The number of ether oxygens (including phenoxy) is 3. The molecule has 1 saturated heterocycles. The number of fused-ring (bicyclic) bond motifs is 1. The van der Waals surface area contributed by atoms with Gasteiger partial charge >= 0.3 is 17.9 Å². The molecular weight excluding hydrogens is 554 g/mol. The molecule has 0 aliphatic carbocycles. The highest BCUT2D eigenvalue weighted by atomic mass is 32.2. The second kappa shape index (κ2) is 11.9. The van der Waals surface area contributed by atoms with Gasteiger partial charge in [0.15, 0.2) is 10.8 Å². The number of thiazole rings is 1. The molecule has 0 unspecified atom stereocenters. The topological polar surface area (TPSA) is 200 Å². The molecule has 0 saturated carbocycles. The summed E-state index contributed by atoms with van der Waals surface area (Å²) < 4.78 is 15.3. The summed E-state index contributed by atoms with van der Waals surface area (Å²) in [6, 6.07) is -1.09. The molecule has 0 spiro atoms. The lowest BCUT2D eigenvalue weighted by atomic mass is 9.98. The zero-order valence-electron chi connectivity index (χ0n) is 21.5. The summed E-state index contributed by atoms with van der Waals surface area (Å²) in [5.41, 5.74) is 4.53. The Labute approximate surface area is 231 Å². The van der Waals surface area contributed by atoms with Gasteiger partial charge < -0.3 is 30.5 Å². The molecule has 0 bridgehead atoms. The molecular formula is C23H27N5O9S2. The Bertz CT molecular complexity index is 1280. The lowest BCUT2D eigenvalue weighted by Gasteiger charge is -2.49. The summed E-state index contributed by atoms with van der Waals surface area (Å²) >= 11 is 2.23. The molecule has 39 heavy (non-hydrogen) atoms. The van der Waals surface area contributed by atoms with Gasteiger partial charge in [-0.2, -0.15) is 0 Å². The molecule has 3 rings (SSSR count). The van der Waals surface area contributed by atoms with Gasteiger partial charge in [0.25, 0.3) is 11.8 Å². The minimum Gasteiger partial charge on any atom is -0.458 e. The Balaban J connectivity index is 1.78. The van der Waals surface area contributed by atoms with Crippen molar-refractivity contribution < 1.29 is 43.4 Å². The fourth-order valence-electron chi connectivity index (χ4n) is 3.30. The van der Waals surface area contributed by atoms with Crippen molar-refractivity contribution in [1.82, 2.24) is 15.2 Å². The highest BCUT2D eigenvalue weighted by Crippen LogP contribution is 2.41. The predicted octanol–water partition coefficient (Wildman–Crippen LogP) is 0.767. The second-order valence-corrected chi connectivity index (χ2v) is 11.4. The van der Waals surface area contributed by atoms with Gasteiger partial charge in [-0.1, -0.05) is 11.7 Å². The molecule has 1 aromatic heterocycles. The van der Waals surface area contributed by atoms with E-state index >= 15 is 0 Å². The molecule has 1 aromatic rings. The van der Waals surface area contributed by atoms with Crippen LogP contribution in [0.2, 0.25) is 0 Å². The molecule has 4 N–H and O–H groups in total. The number of esters is 3. The van der Waals surface area contributed by atoms with E-state index in [1.807, 2.05) is 0 Å². The average Bonchev–Trinajstić information content (AvgIpc) is 3.30. The van der Waals surface area contributed by atoms with Crippen LogP contribution in [-0.2, 0) is 38.2 Å². The first kappa shape index (κ1) is 29.6. The number of anilines is 1. The third-order valence-electron chi connectivity index (χ3n) is 5.33. The summed E-state index contributed by atoms with van der Waals surface area (Å²) in [6.07, 6.45) is 0. The average molecular weight is 582 g/mol. The Morgan fingerprint density at radius 3 is 2.54 bits per heavy atom. The number of nitrogens with zero attached hydrogens (tertiary/aromatic N) is 3. The maximum absolute atomic E-state index is 13.1. The van der Waals surface area contributed by atoms with E-state index in [1.165, 1.54) is 24.1 Å². The van der Waals surface area contributed by atoms with Crippen molar-refractivity contribution in [3.8, 4) is 0 Å². The second-order valence-electron chi connectivity index (χ2n) is 9.42. The molecule has 14 nitrogen and oxygen atoms in total. The fourth-order valence-corrected chi connectivity index (χ4v) is 5.17. The van der Waals surface area contributed by atoms with E-state index in [1.54, 1.807) is 20.8 Å². The number of rotatable bonds is 9. The molecule has 2 aliphatic rings. The van der Waals surface area contributed by atoms with Crippen LogP contribution in [-0.4, -0.2) is 81.1 Å². The van der Waals surface area contributed by atoms with Crippen molar-refractivity contribution in [2.45, 2.75) is 39.1 Å². The van der Waals surface area contributed by atoms with Crippen molar-refractivity contribution in [3.05, 3.63) is 34.5 Å². The van der Waals surface area contributed by atoms with Crippen LogP contribution in [0.25, 0.3) is 0 Å². The van der Waals surface area contributed by atoms with E-state index in [9.17, 15) is 29.2 Å². The molecule has 0 radical (unpaired) electrons. The number of aromatic nitrogens is 1. The van der Waals surface area contributed by atoms with E-state index in [0.717, 1.165) is 16.2 Å². The largest absolute Gasteiger partial charge is 0.458 e. The Morgan fingerprint density at radius 2 is 1.97 bits per heavy atom. The molecule has 210 valence electrons. The zero-order valence-corrected chi connectivity index (χ0v) is 23.1. The fraction of sp³-hybridized carbons (Fsp3) is 0.435. The van der Waals surface area contributed by atoms with Crippen LogP contribution in [0.1, 0.15) is 33.4 Å². The van der Waals surface area contributed by atoms with E-state index in [-0.39, 0.29) is 40.0 Å². The lowest BCUT2D eigenvalue weighted by molar-refractivity contribution is -0.173. The highest BCUT2D eigenvalue weighted by molar-refractivity contribution is 8.00. The van der Waals surface area contributed by atoms with Crippen LogP contribution in [0, 0.1) is 5.41 Å². The number of β-lactam (4-membered cyclic amide) rings is 1. The van der Waals surface area contributed by atoms with Crippen LogP contribution in [0.3, 0.4) is 0 Å². The number of carbonyl (C=O) groups is 5. The maximum Gasteiger partial charge on any atom is 0.358 e. The summed E-state index contributed by atoms with van der Waals surface area (Å²) in [7, 11) is 0. The van der Waals surface area contributed by atoms with Gasteiger partial charge in [0.2, 0.25) is 6.79 Å². The van der Waals surface area contributed by atoms with Crippen LogP contribution < -0.4 is 11.1 Å². The Kier molecular flexibility index (Phi) is 9.01. The van der Waals surface area contributed by atoms with Crippen molar-refractivity contribution in [1.29, 1.82) is 0 Å². The van der Waals surface area contributed by atoms with Gasteiger partial charge in [-0.05, 0) is 27.7 Å². The number of nitrogens with two attached hydrogens (primary N) is 1. The number of amides is 2. The summed E-state index contributed by atoms with van der Waals surface area (Å²) in [5.74, 6) is -3.71. The van der Waals surface area contributed by atoms with Gasteiger partial charge in [0.1, 0.15) is 29.4 Å². The smallest absolute Gasteiger partial charge is 0.358 e. The summed E-state index contributed by atoms with van der Waals surface area (Å²) in [6.45, 7) is 8.80. The predicted molar refractivity (Wildman–Crippen MR) is 139 cm³/mol. The first-order valence-electron chi connectivity index (χ1n) is 11.3. The van der Waals surface area contributed by atoms with E-state index < -0.39 is 59.1 Å². The van der Waals surface area contributed by atoms with Crippen molar-refractivity contribution >= 4 is 63.7 Å². The number of carbonyl (C=O) groups excluding carboxylic acids is 5. The highest BCUT2D eigenvalue weighted by Gasteiger charge is 2.55. The van der Waals surface area contributed by atoms with Gasteiger partial charge in [0, 0.05) is 22.3 Å². The van der Waals surface area contributed by atoms with Crippen LogP contribution in [0.15, 0.2) is 34.0 Å². The van der Waals surface area contributed by atoms with E-state index in [4.69, 9.17) is 19.9 Å². The number of nitrogen functional groups attached to an aromatic ring is 1. The van der Waals surface area contributed by atoms with Crippen LogP contribution in [0.5, 0.6) is 0 Å². The zero-order chi connectivity index (χ0) is 29.1. The Hall–Kier alpha value is -3.92.